The average Bonchev–Trinajstić information content (AvgIpc) is 2.76. The molecule has 1 unspecified atom stereocenters. The third-order valence-corrected chi connectivity index (χ3v) is 5.84. The van der Waals surface area contributed by atoms with Crippen molar-refractivity contribution in [2.45, 2.75) is 31.1 Å². The van der Waals surface area contributed by atoms with Gasteiger partial charge in [0.05, 0.1) is 3.79 Å². The molecule has 0 amide bonds. The molecule has 1 fully saturated rings. The number of thiophene rings is 1. The van der Waals surface area contributed by atoms with Gasteiger partial charge in [0.15, 0.2) is 0 Å². The fraction of sp³-hybridized carbons (Fsp3) is 0.636. The van der Waals surface area contributed by atoms with Gasteiger partial charge < -0.3 is 5.32 Å². The molecule has 1 aliphatic heterocycles. The Morgan fingerprint density at radius 1 is 1.60 bits per heavy atom. The summed E-state index contributed by atoms with van der Waals surface area (Å²) in [6, 6.07) is 2.20. The highest BCUT2D eigenvalue weighted by Crippen LogP contribution is 2.37. The zero-order chi connectivity index (χ0) is 10.7. The largest absolute Gasteiger partial charge is 0.311 e. The van der Waals surface area contributed by atoms with E-state index in [2.05, 4.69) is 51.4 Å². The first-order valence-electron chi connectivity index (χ1n) is 5.26. The molecule has 0 aromatic carbocycles. The van der Waals surface area contributed by atoms with Crippen LogP contribution in [0.5, 0.6) is 0 Å². The Bertz CT molecular complexity index is 318. The minimum atomic E-state index is 0.479. The fourth-order valence-corrected chi connectivity index (χ4v) is 4.37. The van der Waals surface area contributed by atoms with Crippen LogP contribution in [-0.2, 0) is 6.54 Å². The molecule has 1 aromatic heterocycles. The maximum atomic E-state index is 3.56. The van der Waals surface area contributed by atoms with E-state index in [1.54, 1.807) is 11.3 Å². The van der Waals surface area contributed by atoms with Crippen LogP contribution in [0.4, 0.5) is 0 Å². The van der Waals surface area contributed by atoms with Crippen molar-refractivity contribution in [2.24, 2.45) is 0 Å². The van der Waals surface area contributed by atoms with Crippen LogP contribution in [0.1, 0.15) is 25.3 Å². The quantitative estimate of drug-likeness (QED) is 0.906. The molecule has 4 heteroatoms. The molecule has 15 heavy (non-hydrogen) atoms. The van der Waals surface area contributed by atoms with Gasteiger partial charge >= 0.3 is 0 Å². The number of hydrogen-bond acceptors (Lipinski definition) is 3. The van der Waals surface area contributed by atoms with E-state index in [1.165, 1.54) is 27.9 Å². The van der Waals surface area contributed by atoms with Gasteiger partial charge in [0.1, 0.15) is 0 Å². The summed E-state index contributed by atoms with van der Waals surface area (Å²) in [7, 11) is 0. The van der Waals surface area contributed by atoms with Gasteiger partial charge in [0.2, 0.25) is 0 Å². The lowest BCUT2D eigenvalue weighted by atomic mass is 10.1. The molecule has 1 aromatic rings. The van der Waals surface area contributed by atoms with Crippen molar-refractivity contribution < 1.29 is 0 Å². The van der Waals surface area contributed by atoms with Crippen LogP contribution in [0, 0.1) is 0 Å². The summed E-state index contributed by atoms with van der Waals surface area (Å²) >= 11 is 7.36. The van der Waals surface area contributed by atoms with Crippen molar-refractivity contribution in [3.63, 3.8) is 0 Å². The monoisotopic (exact) mass is 305 g/mol. The number of halogens is 1. The van der Waals surface area contributed by atoms with Crippen LogP contribution in [0.3, 0.4) is 0 Å². The van der Waals surface area contributed by atoms with E-state index in [4.69, 9.17) is 0 Å². The molecule has 1 N–H and O–H groups in total. The maximum Gasteiger partial charge on any atom is 0.0701 e. The van der Waals surface area contributed by atoms with E-state index in [9.17, 15) is 0 Å². The molecular formula is C11H16BrNS2. The summed E-state index contributed by atoms with van der Waals surface area (Å²) in [6.45, 7) is 4.50. The predicted molar refractivity (Wildman–Crippen MR) is 73.8 cm³/mol. The first kappa shape index (κ1) is 12.0. The molecule has 1 aliphatic rings. The highest BCUT2D eigenvalue weighted by molar-refractivity contribution is 9.11. The fourth-order valence-electron chi connectivity index (χ4n) is 1.89. The maximum absolute atomic E-state index is 3.56. The summed E-state index contributed by atoms with van der Waals surface area (Å²) < 4.78 is 1.70. The van der Waals surface area contributed by atoms with Crippen LogP contribution in [0.25, 0.3) is 0 Å². The topological polar surface area (TPSA) is 12.0 Å². The minimum Gasteiger partial charge on any atom is -0.311 e. The summed E-state index contributed by atoms with van der Waals surface area (Å²) in [6.07, 6.45) is 2.74. The molecule has 84 valence electrons. The smallest absolute Gasteiger partial charge is 0.0701 e. The first-order chi connectivity index (χ1) is 7.18. The Morgan fingerprint density at radius 3 is 3.07 bits per heavy atom. The zero-order valence-corrected chi connectivity index (χ0v) is 12.1. The van der Waals surface area contributed by atoms with Crippen molar-refractivity contribution >= 4 is 39.0 Å². The van der Waals surface area contributed by atoms with Crippen LogP contribution in [0.2, 0.25) is 0 Å². The van der Waals surface area contributed by atoms with Crippen LogP contribution in [-0.4, -0.2) is 17.0 Å². The molecular weight excluding hydrogens is 290 g/mol. The second-order valence-corrected chi connectivity index (χ2v) is 8.24. The van der Waals surface area contributed by atoms with Crippen LogP contribution >= 0.6 is 39.0 Å². The van der Waals surface area contributed by atoms with Gasteiger partial charge in [-0.3, -0.25) is 0 Å². The standard InChI is InChI=1S/C11H16BrNS2/c1-11(3-2-4-15-11)8-13-6-9-5-10(12)14-7-9/h5,7,13H,2-4,6,8H2,1H3. The van der Waals surface area contributed by atoms with E-state index >= 15 is 0 Å². The minimum absolute atomic E-state index is 0.479. The van der Waals surface area contributed by atoms with Gasteiger partial charge in [-0.1, -0.05) is 0 Å². The van der Waals surface area contributed by atoms with Crippen molar-refractivity contribution in [3.8, 4) is 0 Å². The zero-order valence-electron chi connectivity index (χ0n) is 8.88. The van der Waals surface area contributed by atoms with Gasteiger partial charge in [0.25, 0.3) is 0 Å². The number of thioether (sulfide) groups is 1. The lowest BCUT2D eigenvalue weighted by Crippen LogP contribution is -2.32. The Hall–Kier alpha value is 0.490. The molecule has 0 saturated carbocycles. The summed E-state index contributed by atoms with van der Waals surface area (Å²) in [4.78, 5) is 0. The second kappa shape index (κ2) is 5.21. The Labute approximate surface area is 108 Å². The first-order valence-corrected chi connectivity index (χ1v) is 7.91. The average molecular weight is 306 g/mol. The number of rotatable bonds is 4. The van der Waals surface area contributed by atoms with Crippen LogP contribution in [0.15, 0.2) is 15.2 Å². The predicted octanol–water partition coefficient (Wildman–Crippen LogP) is 3.89. The van der Waals surface area contributed by atoms with Crippen molar-refractivity contribution in [1.29, 1.82) is 0 Å². The Morgan fingerprint density at radius 2 is 2.47 bits per heavy atom. The molecule has 2 heterocycles. The third-order valence-electron chi connectivity index (χ3n) is 2.75. The van der Waals surface area contributed by atoms with E-state index in [0.717, 1.165) is 13.1 Å². The molecule has 0 aliphatic carbocycles. The SMILES string of the molecule is CC1(CNCc2csc(Br)c2)CCCS1. The molecule has 1 saturated heterocycles. The summed E-state index contributed by atoms with van der Waals surface area (Å²) in [5.41, 5.74) is 1.39. The van der Waals surface area contributed by atoms with Gasteiger partial charge in [-0.15, -0.1) is 11.3 Å². The van der Waals surface area contributed by atoms with E-state index in [-0.39, 0.29) is 0 Å². The molecule has 0 spiro atoms. The number of nitrogens with one attached hydrogen (secondary N) is 1. The van der Waals surface area contributed by atoms with Crippen molar-refractivity contribution in [3.05, 3.63) is 20.8 Å². The van der Waals surface area contributed by atoms with Crippen LogP contribution < -0.4 is 5.32 Å². The normalized spacial score (nSPS) is 26.0. The van der Waals surface area contributed by atoms with Gasteiger partial charge in [0, 0.05) is 17.8 Å². The highest BCUT2D eigenvalue weighted by atomic mass is 79.9. The Kier molecular flexibility index (Phi) is 4.16. The van der Waals surface area contributed by atoms with Gasteiger partial charge in [-0.05, 0) is 58.5 Å². The highest BCUT2D eigenvalue weighted by Gasteiger charge is 2.28. The van der Waals surface area contributed by atoms with E-state index < -0.39 is 0 Å². The van der Waals surface area contributed by atoms with Gasteiger partial charge in [-0.2, -0.15) is 11.8 Å². The van der Waals surface area contributed by atoms with Crippen molar-refractivity contribution in [2.75, 3.05) is 12.3 Å². The van der Waals surface area contributed by atoms with Crippen molar-refractivity contribution in [1.82, 2.24) is 5.32 Å². The summed E-state index contributed by atoms with van der Waals surface area (Å²) in [5, 5.41) is 5.77. The Balaban J connectivity index is 1.75. The molecule has 0 bridgehead atoms. The molecule has 0 radical (unpaired) electrons. The summed E-state index contributed by atoms with van der Waals surface area (Å²) in [5.74, 6) is 1.34. The molecule has 1 nitrogen and oxygen atoms in total. The second-order valence-electron chi connectivity index (χ2n) is 4.26. The third kappa shape index (κ3) is 3.48. The number of hydrogen-bond donors (Lipinski definition) is 1. The molecule has 2 rings (SSSR count). The van der Waals surface area contributed by atoms with Gasteiger partial charge in [-0.25, -0.2) is 0 Å². The molecule has 1 atom stereocenters. The lowest BCUT2D eigenvalue weighted by Gasteiger charge is -2.22. The van der Waals surface area contributed by atoms with E-state index in [0.29, 0.717) is 4.75 Å². The van der Waals surface area contributed by atoms with E-state index in [1.807, 2.05) is 0 Å². The lowest BCUT2D eigenvalue weighted by molar-refractivity contribution is 0.537.